The Bertz CT molecular complexity index is 4640. The van der Waals surface area contributed by atoms with Gasteiger partial charge in [-0.15, -0.1) is 0 Å². The quantitative estimate of drug-likeness (QED) is 0.0768. The van der Waals surface area contributed by atoms with Gasteiger partial charge in [-0.1, -0.05) is 0 Å². The molecule has 0 saturated carbocycles. The number of halogens is 41. The van der Waals surface area contributed by atoms with Crippen molar-refractivity contribution in [3.63, 3.8) is 0 Å². The first-order chi connectivity index (χ1) is 47.2. The van der Waals surface area contributed by atoms with E-state index >= 15 is 132 Å². The zero-order valence-corrected chi connectivity index (χ0v) is 46.5. The van der Waals surface area contributed by atoms with E-state index in [2.05, 4.69) is 0 Å². The molecule has 10 rings (SSSR count). The van der Waals surface area contributed by atoms with Crippen LogP contribution in [-0.2, 0) is 0 Å². The van der Waals surface area contributed by atoms with Gasteiger partial charge in [0.05, 0.1) is 100 Å². The molecule has 41 heteroatoms. The second-order valence-electron chi connectivity index (χ2n) is 20.2. The molecule has 10 aromatic rings. The Hall–Kier alpha value is -10.7. The fourth-order valence-corrected chi connectivity index (χ4v) is 10.4. The van der Waals surface area contributed by atoms with E-state index in [1.807, 2.05) is 0 Å². The molecule has 0 nitrogen and oxygen atoms in total. The summed E-state index contributed by atoms with van der Waals surface area (Å²) in [5.41, 5.74) is -66.6. The maximum absolute atomic E-state index is 17.9. The molecule has 0 aliphatic carbocycles. The van der Waals surface area contributed by atoms with E-state index in [9.17, 15) is 48.3 Å². The van der Waals surface area contributed by atoms with Gasteiger partial charge in [0.25, 0.3) is 0 Å². The predicted molar refractivity (Wildman–Crippen MR) is 258 cm³/mol. The van der Waals surface area contributed by atoms with E-state index in [-0.39, 0.29) is 6.92 Å². The molecule has 0 radical (unpaired) electrons. The lowest BCUT2D eigenvalue weighted by atomic mass is 9.84. The van der Waals surface area contributed by atoms with Crippen LogP contribution in [0.1, 0.15) is 5.56 Å². The summed E-state index contributed by atoms with van der Waals surface area (Å²) in [6, 6.07) is 0. The first kappa shape index (κ1) is 74.0. The molecule has 0 heterocycles. The highest BCUT2D eigenvalue weighted by Crippen LogP contribution is 2.55. The van der Waals surface area contributed by atoms with E-state index in [0.29, 0.717) is 0 Å². The predicted octanol–water partition coefficient (Wildman–Crippen LogP) is 22.7. The third-order valence-corrected chi connectivity index (χ3v) is 15.0. The van der Waals surface area contributed by atoms with Gasteiger partial charge in [-0.25, -0.2) is 180 Å². The smallest absolute Gasteiger partial charge is 0.200 e. The van der Waals surface area contributed by atoms with Crippen LogP contribution in [0.2, 0.25) is 0 Å². The minimum Gasteiger partial charge on any atom is -0.205 e. The zero-order chi connectivity index (χ0) is 76.6. The van der Waals surface area contributed by atoms with E-state index in [4.69, 9.17) is 0 Å². The third-order valence-electron chi connectivity index (χ3n) is 15.0. The van der Waals surface area contributed by atoms with Crippen LogP contribution in [-0.4, -0.2) is 0 Å². The SMILES string of the molecule is Cc1c(F)c(F)c(-c2c(F)c(F)c(-c3c(F)c(-c4c(F)c(F)c(-c5c(F)c(F)c(F)c(F)c5F)c(F)c4F)c(F)c(-c4c(F)c(-c5c(F)c(F)c(-c6c(F)c(F)c(F)c(F)c6F)c(F)c5F)c(F)c(-c5c(F)c(F)c(-c6c(F)c(F)c(F)c(F)c6F)c(F)c5F)c4F)c3F)c(F)c2F)c(F)c1F. The van der Waals surface area contributed by atoms with Crippen LogP contribution in [0.5, 0.6) is 0 Å². The van der Waals surface area contributed by atoms with Gasteiger partial charge in [0.15, 0.2) is 186 Å². The number of hydrogen-bond donors (Lipinski definition) is 0. The van der Waals surface area contributed by atoms with Crippen molar-refractivity contribution in [2.24, 2.45) is 0 Å². The van der Waals surface area contributed by atoms with E-state index in [0.717, 1.165) is 0 Å². The van der Waals surface area contributed by atoms with Crippen LogP contribution >= 0.6 is 0 Å². The molecule has 0 amide bonds. The Morgan fingerprint density at radius 2 is 0.137 bits per heavy atom. The summed E-state index contributed by atoms with van der Waals surface area (Å²) in [6.45, 7) is 0.125. The normalized spacial score (nSPS) is 11.8. The van der Waals surface area contributed by atoms with Crippen molar-refractivity contribution in [1.29, 1.82) is 0 Å². The lowest BCUT2D eigenvalue weighted by molar-refractivity contribution is 0.379. The molecular formula is C61H3F41. The van der Waals surface area contributed by atoms with E-state index in [1.165, 1.54) is 0 Å². The Kier molecular flexibility index (Phi) is 18.2. The molecule has 0 atom stereocenters. The van der Waals surface area contributed by atoms with Crippen molar-refractivity contribution in [3.05, 3.63) is 244 Å². The molecule has 102 heavy (non-hydrogen) atoms. The molecular weight excluding hydrogens is 1510 g/mol. The van der Waals surface area contributed by atoms with Crippen LogP contribution in [0.25, 0.3) is 100 Å². The third kappa shape index (κ3) is 9.90. The molecule has 0 saturated heterocycles. The van der Waals surface area contributed by atoms with Gasteiger partial charge in [0.1, 0.15) is 34.9 Å². The molecule has 10 aromatic carbocycles. The first-order valence-corrected chi connectivity index (χ1v) is 25.5. The highest BCUT2D eigenvalue weighted by Gasteiger charge is 2.47. The number of hydrogen-bond acceptors (Lipinski definition) is 0. The fourth-order valence-electron chi connectivity index (χ4n) is 10.4. The maximum atomic E-state index is 17.9. The molecule has 0 bridgehead atoms. The van der Waals surface area contributed by atoms with Gasteiger partial charge >= 0.3 is 0 Å². The van der Waals surface area contributed by atoms with Crippen molar-refractivity contribution >= 4 is 0 Å². The second kappa shape index (κ2) is 25.1. The van der Waals surface area contributed by atoms with Gasteiger partial charge < -0.3 is 0 Å². The number of benzene rings is 10. The Balaban J connectivity index is 1.47. The molecule has 0 aromatic heterocycles. The highest BCUT2D eigenvalue weighted by molar-refractivity contribution is 5.92. The largest absolute Gasteiger partial charge is 0.205 e. The molecule has 0 aliphatic heterocycles. The highest BCUT2D eigenvalue weighted by atomic mass is 19.2. The molecule has 0 N–H and O–H groups in total. The van der Waals surface area contributed by atoms with Crippen LogP contribution in [0.15, 0.2) is 0 Å². The lowest BCUT2D eigenvalue weighted by Gasteiger charge is -2.23. The van der Waals surface area contributed by atoms with Crippen LogP contribution < -0.4 is 0 Å². The van der Waals surface area contributed by atoms with Gasteiger partial charge in [0.2, 0.25) is 17.5 Å². The molecule has 534 valence electrons. The van der Waals surface area contributed by atoms with Crippen LogP contribution in [0, 0.1) is 245 Å². The molecule has 0 fully saturated rings. The second-order valence-corrected chi connectivity index (χ2v) is 20.2. The molecule has 0 aliphatic rings. The number of rotatable bonds is 9. The van der Waals surface area contributed by atoms with Gasteiger partial charge in [-0.05, 0) is 6.92 Å². The monoisotopic (exact) mass is 1510 g/mol. The lowest BCUT2D eigenvalue weighted by Crippen LogP contribution is -2.15. The summed E-state index contributed by atoms with van der Waals surface area (Å²) >= 11 is 0. The van der Waals surface area contributed by atoms with Gasteiger partial charge in [0, 0.05) is 5.56 Å². The van der Waals surface area contributed by atoms with E-state index < -0.39 is 344 Å². The summed E-state index contributed by atoms with van der Waals surface area (Å²) in [6.07, 6.45) is 0. The van der Waals surface area contributed by atoms with Crippen molar-refractivity contribution in [1.82, 2.24) is 0 Å². The Morgan fingerprint density at radius 1 is 0.0784 bits per heavy atom. The Labute approximate surface area is 530 Å². The summed E-state index contributed by atoms with van der Waals surface area (Å²) in [5.74, 6) is -152. The zero-order valence-electron chi connectivity index (χ0n) is 46.5. The first-order valence-electron chi connectivity index (χ1n) is 25.5. The summed E-state index contributed by atoms with van der Waals surface area (Å²) in [7, 11) is 0. The van der Waals surface area contributed by atoms with Crippen molar-refractivity contribution < 1.29 is 180 Å². The van der Waals surface area contributed by atoms with Crippen LogP contribution in [0.4, 0.5) is 180 Å². The topological polar surface area (TPSA) is 0 Å². The molecule has 0 spiro atoms. The van der Waals surface area contributed by atoms with Gasteiger partial charge in [-0.3, -0.25) is 0 Å². The van der Waals surface area contributed by atoms with E-state index in [1.54, 1.807) is 0 Å². The summed E-state index contributed by atoms with van der Waals surface area (Å²) in [4.78, 5) is 0. The standard InChI is InChI=1S/C61H3F41/c1-2-21(62)29(70)13(30(71)22(2)63)14-39(80)31(72)9(32(73)40(14)81)5-23(64)3(24(65)6(27(5)68)10-33(74)41(82)15(42(83)34(10)75)18-47(88)53(94)59(100)54(95)48(18)89)4-25(66)7(11-35(76)43(84)16(44(85)36(11)77)19-49(90)55(96)60(101)56(97)50(19)91)28(69)8(26(4)67)12-37(78)45(86)17(46(87)38(12)79)20-51(92)57(98)61(102)58(99)52(20)93/h1H3. The van der Waals surface area contributed by atoms with Crippen molar-refractivity contribution in [2.75, 3.05) is 0 Å². The van der Waals surface area contributed by atoms with Crippen molar-refractivity contribution in [2.45, 2.75) is 6.92 Å². The Morgan fingerprint density at radius 3 is 0.235 bits per heavy atom. The van der Waals surface area contributed by atoms with Crippen molar-refractivity contribution in [3.8, 4) is 100 Å². The average Bonchev–Trinajstić information content (AvgIpc) is 0.707. The summed E-state index contributed by atoms with van der Waals surface area (Å²) < 4.78 is 648. The molecule has 0 unspecified atom stereocenters. The minimum atomic E-state index is -4.29. The average molecular weight is 1510 g/mol. The fraction of sp³-hybridized carbons (Fsp3) is 0.0164. The minimum absolute atomic E-state index is 0.125. The summed E-state index contributed by atoms with van der Waals surface area (Å²) in [5, 5.41) is 0. The van der Waals surface area contributed by atoms with Gasteiger partial charge in [-0.2, -0.15) is 0 Å². The van der Waals surface area contributed by atoms with Crippen LogP contribution in [0.3, 0.4) is 0 Å². The maximum Gasteiger partial charge on any atom is 0.200 e.